The number of hydrogen-bond acceptors (Lipinski definition) is 5. The number of thiazole rings is 1. The molecule has 0 radical (unpaired) electrons. The van der Waals surface area contributed by atoms with Gasteiger partial charge in [0.25, 0.3) is 5.91 Å². The van der Waals surface area contributed by atoms with Crippen molar-refractivity contribution in [2.75, 3.05) is 26.7 Å². The molecule has 1 amide bonds. The molecule has 3 rings (SSSR count). The van der Waals surface area contributed by atoms with Gasteiger partial charge in [0, 0.05) is 49.9 Å². The summed E-state index contributed by atoms with van der Waals surface area (Å²) < 4.78 is 1.74. The molecule has 3 heterocycles. The van der Waals surface area contributed by atoms with Crippen LogP contribution in [0.15, 0.2) is 17.8 Å². The van der Waals surface area contributed by atoms with Crippen molar-refractivity contribution < 1.29 is 4.79 Å². The Kier molecular flexibility index (Phi) is 4.50. The summed E-state index contributed by atoms with van der Waals surface area (Å²) in [5.74, 6) is 0.562. The van der Waals surface area contributed by atoms with Crippen molar-refractivity contribution in [3.05, 3.63) is 23.5 Å². The number of piperazine rings is 1. The molecule has 23 heavy (non-hydrogen) atoms. The van der Waals surface area contributed by atoms with Gasteiger partial charge in [-0.15, -0.1) is 11.3 Å². The SMILES string of the molecule is CC(C)[C@H]1CN(C(=O)c2csc(-c3cnn(C)c3)n2)CCN1C. The van der Waals surface area contributed by atoms with Gasteiger partial charge in [-0.1, -0.05) is 13.8 Å². The molecule has 2 aromatic rings. The summed E-state index contributed by atoms with van der Waals surface area (Å²) >= 11 is 1.49. The molecule has 0 N–H and O–H groups in total. The van der Waals surface area contributed by atoms with E-state index in [0.717, 1.165) is 30.2 Å². The van der Waals surface area contributed by atoms with Crippen molar-refractivity contribution in [2.45, 2.75) is 19.9 Å². The molecule has 1 aliphatic heterocycles. The highest BCUT2D eigenvalue weighted by Gasteiger charge is 2.30. The molecule has 0 unspecified atom stereocenters. The van der Waals surface area contributed by atoms with Crippen molar-refractivity contribution in [1.29, 1.82) is 0 Å². The number of rotatable bonds is 3. The van der Waals surface area contributed by atoms with E-state index in [1.807, 2.05) is 23.5 Å². The zero-order chi connectivity index (χ0) is 16.6. The van der Waals surface area contributed by atoms with Gasteiger partial charge in [-0.25, -0.2) is 4.98 Å². The van der Waals surface area contributed by atoms with Gasteiger partial charge in [-0.2, -0.15) is 5.10 Å². The van der Waals surface area contributed by atoms with Crippen LogP contribution in [0.4, 0.5) is 0 Å². The molecule has 6 nitrogen and oxygen atoms in total. The van der Waals surface area contributed by atoms with Crippen LogP contribution in [-0.2, 0) is 7.05 Å². The summed E-state index contributed by atoms with van der Waals surface area (Å²) in [6.07, 6.45) is 3.69. The van der Waals surface area contributed by atoms with Gasteiger partial charge in [0.2, 0.25) is 0 Å². The molecule has 0 aliphatic carbocycles. The Morgan fingerprint density at radius 1 is 1.35 bits per heavy atom. The zero-order valence-electron chi connectivity index (χ0n) is 14.1. The maximum Gasteiger partial charge on any atom is 0.273 e. The Hall–Kier alpha value is -1.73. The lowest BCUT2D eigenvalue weighted by Crippen LogP contribution is -2.55. The Morgan fingerprint density at radius 3 is 2.78 bits per heavy atom. The third kappa shape index (κ3) is 3.30. The van der Waals surface area contributed by atoms with Gasteiger partial charge in [-0.3, -0.25) is 14.4 Å². The molecular weight excluding hydrogens is 310 g/mol. The van der Waals surface area contributed by atoms with Crippen LogP contribution in [-0.4, -0.2) is 63.2 Å². The molecule has 124 valence electrons. The van der Waals surface area contributed by atoms with E-state index in [2.05, 4.69) is 35.9 Å². The number of carbonyl (C=O) groups excluding carboxylic acids is 1. The molecule has 0 bridgehead atoms. The minimum atomic E-state index is 0.0372. The van der Waals surface area contributed by atoms with Gasteiger partial charge in [0.1, 0.15) is 10.7 Å². The van der Waals surface area contributed by atoms with E-state index in [-0.39, 0.29) is 5.91 Å². The lowest BCUT2D eigenvalue weighted by molar-refractivity contribution is 0.0461. The summed E-state index contributed by atoms with van der Waals surface area (Å²) in [7, 11) is 4.01. The average molecular weight is 333 g/mol. The van der Waals surface area contributed by atoms with Crippen LogP contribution >= 0.6 is 11.3 Å². The fourth-order valence-electron chi connectivity index (χ4n) is 3.00. The number of amides is 1. The standard InChI is InChI=1S/C16H23N5OS/c1-11(2)14-9-21(6-5-19(14)3)16(22)13-10-23-15(18-13)12-7-17-20(4)8-12/h7-8,10-11,14H,5-6,9H2,1-4H3/t14-/m1/s1. The van der Waals surface area contributed by atoms with E-state index < -0.39 is 0 Å². The number of aromatic nitrogens is 3. The third-order valence-electron chi connectivity index (χ3n) is 4.43. The van der Waals surface area contributed by atoms with E-state index in [1.54, 1.807) is 10.9 Å². The van der Waals surface area contributed by atoms with Crippen LogP contribution in [0.3, 0.4) is 0 Å². The number of hydrogen-bond donors (Lipinski definition) is 0. The minimum absolute atomic E-state index is 0.0372. The van der Waals surface area contributed by atoms with Crippen molar-refractivity contribution in [3.8, 4) is 10.6 Å². The van der Waals surface area contributed by atoms with Crippen LogP contribution in [0.5, 0.6) is 0 Å². The number of carbonyl (C=O) groups is 1. The van der Waals surface area contributed by atoms with Crippen molar-refractivity contribution >= 4 is 17.2 Å². The second kappa shape index (κ2) is 6.41. The molecular formula is C16H23N5OS. The monoisotopic (exact) mass is 333 g/mol. The number of aryl methyl sites for hydroxylation is 1. The maximum absolute atomic E-state index is 12.8. The molecule has 0 saturated carbocycles. The Bertz CT molecular complexity index is 692. The quantitative estimate of drug-likeness (QED) is 0.861. The van der Waals surface area contributed by atoms with E-state index in [4.69, 9.17) is 0 Å². The first-order chi connectivity index (χ1) is 11.0. The molecule has 0 spiro atoms. The van der Waals surface area contributed by atoms with E-state index in [9.17, 15) is 4.79 Å². The number of likely N-dealkylation sites (N-methyl/N-ethyl adjacent to an activating group) is 1. The highest BCUT2D eigenvalue weighted by atomic mass is 32.1. The van der Waals surface area contributed by atoms with Crippen LogP contribution in [0.25, 0.3) is 10.6 Å². The molecule has 7 heteroatoms. The Labute approximate surface area is 140 Å². The van der Waals surface area contributed by atoms with Crippen LogP contribution in [0.2, 0.25) is 0 Å². The van der Waals surface area contributed by atoms with Gasteiger partial charge in [-0.05, 0) is 13.0 Å². The maximum atomic E-state index is 12.8. The fraction of sp³-hybridized carbons (Fsp3) is 0.562. The van der Waals surface area contributed by atoms with E-state index >= 15 is 0 Å². The summed E-state index contributed by atoms with van der Waals surface area (Å²) in [6.45, 7) is 6.86. The summed E-state index contributed by atoms with van der Waals surface area (Å²) in [5, 5.41) is 6.86. The van der Waals surface area contributed by atoms with Crippen LogP contribution in [0.1, 0.15) is 24.3 Å². The molecule has 2 aromatic heterocycles. The van der Waals surface area contributed by atoms with Gasteiger partial charge < -0.3 is 4.90 Å². The summed E-state index contributed by atoms with van der Waals surface area (Å²) in [6, 6.07) is 0.407. The molecule has 1 fully saturated rings. The lowest BCUT2D eigenvalue weighted by atomic mass is 10.00. The van der Waals surface area contributed by atoms with Crippen LogP contribution in [0, 0.1) is 5.92 Å². The van der Waals surface area contributed by atoms with E-state index in [1.165, 1.54) is 11.3 Å². The average Bonchev–Trinajstić information content (AvgIpc) is 3.15. The predicted molar refractivity (Wildman–Crippen MR) is 91.5 cm³/mol. The predicted octanol–water partition coefficient (Wildman–Crippen LogP) is 1.96. The Morgan fingerprint density at radius 2 is 2.13 bits per heavy atom. The smallest absolute Gasteiger partial charge is 0.273 e. The van der Waals surface area contributed by atoms with Gasteiger partial charge >= 0.3 is 0 Å². The van der Waals surface area contributed by atoms with E-state index in [0.29, 0.717) is 17.7 Å². The third-order valence-corrected chi connectivity index (χ3v) is 5.32. The zero-order valence-corrected chi connectivity index (χ0v) is 14.9. The minimum Gasteiger partial charge on any atom is -0.334 e. The molecule has 0 aromatic carbocycles. The molecule has 1 saturated heterocycles. The molecule has 1 atom stereocenters. The Balaban J connectivity index is 1.74. The topological polar surface area (TPSA) is 54.3 Å². The second-order valence-electron chi connectivity index (χ2n) is 6.48. The number of nitrogens with zero attached hydrogens (tertiary/aromatic N) is 5. The first-order valence-corrected chi connectivity index (χ1v) is 8.77. The van der Waals surface area contributed by atoms with Crippen LogP contribution < -0.4 is 0 Å². The van der Waals surface area contributed by atoms with Crippen molar-refractivity contribution in [3.63, 3.8) is 0 Å². The fourth-order valence-corrected chi connectivity index (χ4v) is 3.77. The first-order valence-electron chi connectivity index (χ1n) is 7.89. The summed E-state index contributed by atoms with van der Waals surface area (Å²) in [4.78, 5) is 21.6. The summed E-state index contributed by atoms with van der Waals surface area (Å²) in [5.41, 5.74) is 1.50. The highest BCUT2D eigenvalue weighted by molar-refractivity contribution is 7.13. The highest BCUT2D eigenvalue weighted by Crippen LogP contribution is 2.24. The molecule has 1 aliphatic rings. The normalized spacial score (nSPS) is 19.5. The second-order valence-corrected chi connectivity index (χ2v) is 7.34. The lowest BCUT2D eigenvalue weighted by Gasteiger charge is -2.41. The van der Waals surface area contributed by atoms with Gasteiger partial charge in [0.05, 0.1) is 6.20 Å². The van der Waals surface area contributed by atoms with Gasteiger partial charge in [0.15, 0.2) is 0 Å². The van der Waals surface area contributed by atoms with Crippen molar-refractivity contribution in [1.82, 2.24) is 24.6 Å². The van der Waals surface area contributed by atoms with Crippen molar-refractivity contribution in [2.24, 2.45) is 13.0 Å². The first kappa shape index (κ1) is 16.1. The largest absolute Gasteiger partial charge is 0.334 e.